The number of nitrogens with zero attached hydrogens (tertiary/aromatic N) is 1. The van der Waals surface area contributed by atoms with E-state index in [1.807, 2.05) is 0 Å². The van der Waals surface area contributed by atoms with Gasteiger partial charge in [-0.05, 0) is 37.4 Å². The Morgan fingerprint density at radius 3 is 3.19 bits per heavy atom. The third kappa shape index (κ3) is 2.73. The summed E-state index contributed by atoms with van der Waals surface area (Å²) >= 11 is 0. The fourth-order valence-corrected chi connectivity index (χ4v) is 2.35. The first-order valence-electron chi connectivity index (χ1n) is 6.08. The van der Waals surface area contributed by atoms with Crippen LogP contribution >= 0.6 is 0 Å². The smallest absolute Gasteiger partial charge is 0.211 e. The molecule has 16 heavy (non-hydrogen) atoms. The van der Waals surface area contributed by atoms with Crippen molar-refractivity contribution < 1.29 is 9.21 Å². The Labute approximate surface area is 96.4 Å². The molecule has 1 aromatic rings. The maximum absolute atomic E-state index is 11.8. The summed E-state index contributed by atoms with van der Waals surface area (Å²) in [6.07, 6.45) is 5.29. The predicted octanol–water partition coefficient (Wildman–Crippen LogP) is 2.58. The maximum atomic E-state index is 11.8. The number of hydrogen-bond acceptors (Lipinski definition) is 3. The molecule has 0 spiro atoms. The Morgan fingerprint density at radius 2 is 2.50 bits per heavy atom. The molecular formula is C13H19NO2. The van der Waals surface area contributed by atoms with Crippen LogP contribution in [-0.4, -0.2) is 30.3 Å². The van der Waals surface area contributed by atoms with Crippen molar-refractivity contribution in [2.45, 2.75) is 26.2 Å². The molecule has 1 fully saturated rings. The van der Waals surface area contributed by atoms with Gasteiger partial charge in [0, 0.05) is 6.54 Å². The minimum absolute atomic E-state index is 0.0988. The highest BCUT2D eigenvalue weighted by Crippen LogP contribution is 2.19. The zero-order chi connectivity index (χ0) is 11.4. The SMILES string of the molecule is CCC1CCCN(CC(=O)c2ccco2)C1. The van der Waals surface area contributed by atoms with Crippen molar-refractivity contribution >= 4 is 5.78 Å². The van der Waals surface area contributed by atoms with Crippen LogP contribution in [-0.2, 0) is 0 Å². The number of rotatable bonds is 4. The number of ketones is 1. The van der Waals surface area contributed by atoms with Crippen molar-refractivity contribution in [2.75, 3.05) is 19.6 Å². The number of Topliss-reactive ketones (excluding diaryl/α,β-unsaturated/α-hetero) is 1. The van der Waals surface area contributed by atoms with E-state index >= 15 is 0 Å². The van der Waals surface area contributed by atoms with Gasteiger partial charge in [0.25, 0.3) is 0 Å². The third-order valence-electron chi connectivity index (χ3n) is 3.34. The van der Waals surface area contributed by atoms with Crippen LogP contribution in [0.5, 0.6) is 0 Å². The quantitative estimate of drug-likeness (QED) is 0.733. The molecule has 88 valence electrons. The molecular weight excluding hydrogens is 202 g/mol. The van der Waals surface area contributed by atoms with Crippen LogP contribution in [0.1, 0.15) is 36.7 Å². The zero-order valence-corrected chi connectivity index (χ0v) is 9.82. The highest BCUT2D eigenvalue weighted by atomic mass is 16.3. The van der Waals surface area contributed by atoms with Gasteiger partial charge in [-0.25, -0.2) is 0 Å². The molecule has 3 nitrogen and oxygen atoms in total. The number of likely N-dealkylation sites (tertiary alicyclic amines) is 1. The number of carbonyl (C=O) groups excluding carboxylic acids is 1. The van der Waals surface area contributed by atoms with E-state index in [2.05, 4.69) is 11.8 Å². The molecule has 0 N–H and O–H groups in total. The average Bonchev–Trinajstić information content (AvgIpc) is 2.83. The van der Waals surface area contributed by atoms with Gasteiger partial charge in [-0.15, -0.1) is 0 Å². The summed E-state index contributed by atoms with van der Waals surface area (Å²) in [7, 11) is 0. The molecule has 1 aliphatic rings. The van der Waals surface area contributed by atoms with Crippen LogP contribution in [0.3, 0.4) is 0 Å². The number of piperidine rings is 1. The van der Waals surface area contributed by atoms with Crippen LogP contribution in [0.2, 0.25) is 0 Å². The highest BCUT2D eigenvalue weighted by Gasteiger charge is 2.21. The normalized spacial score (nSPS) is 22.2. The summed E-state index contributed by atoms with van der Waals surface area (Å²) in [5.41, 5.74) is 0. The van der Waals surface area contributed by atoms with Crippen molar-refractivity contribution in [3.8, 4) is 0 Å². The lowest BCUT2D eigenvalue weighted by molar-refractivity contribution is 0.0858. The van der Waals surface area contributed by atoms with E-state index in [1.165, 1.54) is 19.3 Å². The average molecular weight is 221 g/mol. The van der Waals surface area contributed by atoms with Gasteiger partial charge in [0.1, 0.15) is 0 Å². The first-order valence-corrected chi connectivity index (χ1v) is 6.08. The molecule has 1 aromatic heterocycles. The van der Waals surface area contributed by atoms with Crippen LogP contribution < -0.4 is 0 Å². The molecule has 1 atom stereocenters. The Hall–Kier alpha value is -1.09. The summed E-state index contributed by atoms with van der Waals surface area (Å²) in [5, 5.41) is 0. The standard InChI is InChI=1S/C13H19NO2/c1-2-11-5-3-7-14(9-11)10-12(15)13-6-4-8-16-13/h4,6,8,11H,2-3,5,7,9-10H2,1H3. The van der Waals surface area contributed by atoms with E-state index in [0.29, 0.717) is 12.3 Å². The van der Waals surface area contributed by atoms with Gasteiger partial charge >= 0.3 is 0 Å². The summed E-state index contributed by atoms with van der Waals surface area (Å²) in [4.78, 5) is 14.1. The lowest BCUT2D eigenvalue weighted by atomic mass is 9.95. The molecule has 0 bridgehead atoms. The minimum atomic E-state index is 0.0988. The van der Waals surface area contributed by atoms with Gasteiger partial charge in [0.15, 0.2) is 5.76 Å². The van der Waals surface area contributed by atoms with E-state index < -0.39 is 0 Å². The molecule has 0 saturated carbocycles. The Bertz CT molecular complexity index is 332. The van der Waals surface area contributed by atoms with Gasteiger partial charge in [0.05, 0.1) is 12.8 Å². The first-order chi connectivity index (χ1) is 7.79. The molecule has 0 aromatic carbocycles. The van der Waals surface area contributed by atoms with Gasteiger partial charge in [-0.3, -0.25) is 9.69 Å². The Balaban J connectivity index is 1.87. The van der Waals surface area contributed by atoms with E-state index in [0.717, 1.165) is 19.0 Å². The zero-order valence-electron chi connectivity index (χ0n) is 9.82. The topological polar surface area (TPSA) is 33.5 Å². The van der Waals surface area contributed by atoms with Gasteiger partial charge in [0.2, 0.25) is 5.78 Å². The second-order valence-electron chi connectivity index (χ2n) is 4.55. The molecule has 2 heterocycles. The van der Waals surface area contributed by atoms with Crippen LogP contribution in [0.15, 0.2) is 22.8 Å². The molecule has 1 aliphatic heterocycles. The predicted molar refractivity (Wildman–Crippen MR) is 62.5 cm³/mol. The minimum Gasteiger partial charge on any atom is -0.461 e. The van der Waals surface area contributed by atoms with Crippen LogP contribution in [0, 0.1) is 5.92 Å². The highest BCUT2D eigenvalue weighted by molar-refractivity contribution is 5.94. The number of carbonyl (C=O) groups is 1. The molecule has 3 heteroatoms. The largest absolute Gasteiger partial charge is 0.461 e. The van der Waals surface area contributed by atoms with Crippen molar-refractivity contribution in [3.05, 3.63) is 24.2 Å². The van der Waals surface area contributed by atoms with Crippen molar-refractivity contribution in [3.63, 3.8) is 0 Å². The summed E-state index contributed by atoms with van der Waals surface area (Å²) < 4.78 is 5.11. The molecule has 0 aliphatic carbocycles. The monoisotopic (exact) mass is 221 g/mol. The van der Waals surface area contributed by atoms with E-state index in [9.17, 15) is 4.79 Å². The third-order valence-corrected chi connectivity index (χ3v) is 3.34. The van der Waals surface area contributed by atoms with Crippen LogP contribution in [0.25, 0.3) is 0 Å². The fourth-order valence-electron chi connectivity index (χ4n) is 2.35. The first kappa shape index (κ1) is 11.4. The summed E-state index contributed by atoms with van der Waals surface area (Å²) in [6, 6.07) is 3.50. The van der Waals surface area contributed by atoms with E-state index in [1.54, 1.807) is 18.4 Å². The second-order valence-corrected chi connectivity index (χ2v) is 4.55. The van der Waals surface area contributed by atoms with Gasteiger partial charge in [-0.2, -0.15) is 0 Å². The van der Waals surface area contributed by atoms with E-state index in [4.69, 9.17) is 4.42 Å². The summed E-state index contributed by atoms with van der Waals surface area (Å²) in [6.45, 7) is 4.83. The van der Waals surface area contributed by atoms with Crippen LogP contribution in [0.4, 0.5) is 0 Å². The Morgan fingerprint density at radius 1 is 1.62 bits per heavy atom. The molecule has 0 radical (unpaired) electrons. The lowest BCUT2D eigenvalue weighted by Crippen LogP contribution is -2.38. The Kier molecular flexibility index (Phi) is 3.78. The van der Waals surface area contributed by atoms with Gasteiger partial charge in [-0.1, -0.05) is 13.3 Å². The van der Waals surface area contributed by atoms with Crippen molar-refractivity contribution in [1.82, 2.24) is 4.90 Å². The molecule has 1 saturated heterocycles. The summed E-state index contributed by atoms with van der Waals surface area (Å²) in [5.74, 6) is 1.35. The maximum Gasteiger partial charge on any atom is 0.211 e. The number of hydrogen-bond donors (Lipinski definition) is 0. The van der Waals surface area contributed by atoms with Crippen molar-refractivity contribution in [1.29, 1.82) is 0 Å². The molecule has 2 rings (SSSR count). The van der Waals surface area contributed by atoms with Gasteiger partial charge < -0.3 is 4.42 Å². The van der Waals surface area contributed by atoms with Crippen molar-refractivity contribution in [2.24, 2.45) is 5.92 Å². The van der Waals surface area contributed by atoms with E-state index in [-0.39, 0.29) is 5.78 Å². The second kappa shape index (κ2) is 5.30. The molecule has 1 unspecified atom stereocenters. The molecule has 0 amide bonds. The fraction of sp³-hybridized carbons (Fsp3) is 0.615. The number of furan rings is 1. The lowest BCUT2D eigenvalue weighted by Gasteiger charge is -2.31.